The van der Waals surface area contributed by atoms with Gasteiger partial charge in [-0.2, -0.15) is 0 Å². The lowest BCUT2D eigenvalue weighted by molar-refractivity contribution is -0.243. The number of benzene rings is 2. The Morgan fingerprint density at radius 2 is 1.68 bits per heavy atom. The monoisotopic (exact) mass is 470 g/mol. The van der Waals surface area contributed by atoms with Crippen LogP contribution in [-0.2, 0) is 15.9 Å². The lowest BCUT2D eigenvalue weighted by Crippen LogP contribution is -2.41. The molecule has 5 atom stereocenters. The summed E-state index contributed by atoms with van der Waals surface area (Å²) < 4.78 is 11.9. The van der Waals surface area contributed by atoms with Crippen molar-refractivity contribution in [2.45, 2.75) is 69.7 Å². The van der Waals surface area contributed by atoms with Crippen molar-refractivity contribution in [1.29, 1.82) is 0 Å². The fourth-order valence-electron chi connectivity index (χ4n) is 5.28. The summed E-state index contributed by atoms with van der Waals surface area (Å²) in [5.74, 6) is -2.89. The van der Waals surface area contributed by atoms with Crippen molar-refractivity contribution in [3.05, 3.63) is 51.6 Å². The van der Waals surface area contributed by atoms with E-state index in [0.717, 1.165) is 12.1 Å². The zero-order valence-electron chi connectivity index (χ0n) is 18.7. The molecule has 2 aromatic rings. The normalized spacial score (nSPS) is 30.5. The first-order valence-electron chi connectivity index (χ1n) is 11.2. The highest BCUT2D eigenvalue weighted by molar-refractivity contribution is 6.31. The van der Waals surface area contributed by atoms with Crippen LogP contribution in [0, 0.1) is 0 Å². The number of phenolic OH excluding ortho intramolecular Hbond substituents is 3. The molecule has 9 nitrogen and oxygen atoms in total. The van der Waals surface area contributed by atoms with E-state index in [1.54, 1.807) is 13.8 Å². The van der Waals surface area contributed by atoms with Gasteiger partial charge >= 0.3 is 0 Å². The molecule has 2 aromatic carbocycles. The summed E-state index contributed by atoms with van der Waals surface area (Å²) >= 11 is 0. The first kappa shape index (κ1) is 22.8. The number of aromatic hydroxyl groups is 3. The number of ketones is 2. The summed E-state index contributed by atoms with van der Waals surface area (Å²) in [6.07, 6.45) is -1.54. The van der Waals surface area contributed by atoms with Gasteiger partial charge in [0.15, 0.2) is 12.1 Å². The average Bonchev–Trinajstić information content (AvgIpc) is 2.75. The molecule has 3 aliphatic rings. The number of hydrogen-bond acceptors (Lipinski definition) is 9. The molecule has 34 heavy (non-hydrogen) atoms. The molecular formula is C25H26O9. The molecule has 180 valence electrons. The van der Waals surface area contributed by atoms with Crippen molar-refractivity contribution in [1.82, 2.24) is 0 Å². The Labute approximate surface area is 195 Å². The molecule has 1 aliphatic heterocycles. The second-order valence-corrected chi connectivity index (χ2v) is 9.65. The van der Waals surface area contributed by atoms with Crippen LogP contribution in [0.1, 0.15) is 82.2 Å². The van der Waals surface area contributed by atoms with Gasteiger partial charge in [-0.05, 0) is 44.0 Å². The number of phenols is 3. The van der Waals surface area contributed by atoms with E-state index < -0.39 is 59.0 Å². The molecule has 0 aromatic heterocycles. The van der Waals surface area contributed by atoms with E-state index in [9.17, 15) is 35.1 Å². The van der Waals surface area contributed by atoms with Crippen molar-refractivity contribution in [2.75, 3.05) is 0 Å². The molecule has 0 amide bonds. The summed E-state index contributed by atoms with van der Waals surface area (Å²) in [5, 5.41) is 52.5. The molecule has 0 radical (unpaired) electrons. The Morgan fingerprint density at radius 3 is 2.32 bits per heavy atom. The standard InChI is InChI=1S/C25H26O9/c1-10-13(26)5-6-17(33-10)34-16-9-25(2,32)8-11-7-12-19(23(30)18(11)16)24(31)21-15(28)4-3-14(27)20(21)22(12)29/h3-4,7,10,13,16-17,26-28,30,32H,5-6,8-9H2,1-2H3/t10-,13+,16?,17+,25?/m1/s1. The lowest BCUT2D eigenvalue weighted by atomic mass is 9.74. The van der Waals surface area contributed by atoms with Crippen LogP contribution < -0.4 is 0 Å². The van der Waals surface area contributed by atoms with Gasteiger partial charge < -0.3 is 35.0 Å². The number of rotatable bonds is 2. The maximum atomic E-state index is 13.3. The molecule has 2 unspecified atom stereocenters. The number of carbonyl (C=O) groups is 2. The molecule has 2 aliphatic carbocycles. The zero-order chi connectivity index (χ0) is 24.5. The maximum absolute atomic E-state index is 13.3. The van der Waals surface area contributed by atoms with Crippen LogP contribution in [0.4, 0.5) is 0 Å². The first-order valence-corrected chi connectivity index (χ1v) is 11.2. The number of fused-ring (bicyclic) bond motifs is 3. The van der Waals surface area contributed by atoms with Gasteiger partial charge in [-0.3, -0.25) is 9.59 Å². The minimum Gasteiger partial charge on any atom is -0.507 e. The fourth-order valence-corrected chi connectivity index (χ4v) is 5.28. The van der Waals surface area contributed by atoms with Crippen molar-refractivity contribution >= 4 is 11.6 Å². The minimum atomic E-state index is -1.22. The van der Waals surface area contributed by atoms with E-state index in [1.807, 2.05) is 0 Å². The predicted octanol–water partition coefficient (Wildman–Crippen LogP) is 2.22. The quantitative estimate of drug-likeness (QED) is 0.355. The van der Waals surface area contributed by atoms with Gasteiger partial charge in [0.25, 0.3) is 0 Å². The Balaban J connectivity index is 1.62. The van der Waals surface area contributed by atoms with Crippen LogP contribution >= 0.6 is 0 Å². The van der Waals surface area contributed by atoms with Gasteiger partial charge in [-0.1, -0.05) is 0 Å². The van der Waals surface area contributed by atoms with Gasteiger partial charge in [0.1, 0.15) is 17.2 Å². The molecule has 0 bridgehead atoms. The second kappa shape index (κ2) is 7.78. The Kier molecular flexibility index (Phi) is 5.21. The first-order chi connectivity index (χ1) is 16.0. The van der Waals surface area contributed by atoms with Gasteiger partial charge in [-0.25, -0.2) is 0 Å². The van der Waals surface area contributed by atoms with Gasteiger partial charge in [-0.15, -0.1) is 0 Å². The molecule has 9 heteroatoms. The third-order valence-corrected chi connectivity index (χ3v) is 6.95. The molecular weight excluding hydrogens is 444 g/mol. The van der Waals surface area contributed by atoms with Crippen molar-refractivity contribution in [3.63, 3.8) is 0 Å². The topological polar surface area (TPSA) is 154 Å². The highest BCUT2D eigenvalue weighted by Crippen LogP contribution is 2.49. The van der Waals surface area contributed by atoms with Crippen molar-refractivity contribution in [3.8, 4) is 17.2 Å². The van der Waals surface area contributed by atoms with Crippen molar-refractivity contribution < 1.29 is 44.6 Å². The molecule has 1 heterocycles. The van der Waals surface area contributed by atoms with Crippen LogP contribution in [-0.4, -0.2) is 61.2 Å². The van der Waals surface area contributed by atoms with E-state index in [-0.39, 0.29) is 40.7 Å². The fraction of sp³-hybridized carbons (Fsp3) is 0.440. The van der Waals surface area contributed by atoms with E-state index >= 15 is 0 Å². The second-order valence-electron chi connectivity index (χ2n) is 9.65. The summed E-state index contributed by atoms with van der Waals surface area (Å²) in [6, 6.07) is 3.67. The molecule has 5 N–H and O–H groups in total. The van der Waals surface area contributed by atoms with Crippen LogP contribution in [0.5, 0.6) is 17.2 Å². The third-order valence-electron chi connectivity index (χ3n) is 6.95. The SMILES string of the molecule is C[C@H]1O[C@@H](OC2CC(C)(O)Cc3cc4c(c(O)c32)C(=O)c2c(O)ccc(O)c2C4=O)CC[C@@H]1O. The highest BCUT2D eigenvalue weighted by Gasteiger charge is 2.44. The van der Waals surface area contributed by atoms with Crippen LogP contribution in [0.25, 0.3) is 0 Å². The summed E-state index contributed by atoms with van der Waals surface area (Å²) in [4.78, 5) is 26.5. The zero-order valence-corrected chi connectivity index (χ0v) is 18.7. The lowest BCUT2D eigenvalue weighted by Gasteiger charge is -2.40. The summed E-state index contributed by atoms with van der Waals surface area (Å²) in [7, 11) is 0. The number of ether oxygens (including phenoxy) is 2. The number of aliphatic hydroxyl groups excluding tert-OH is 1. The number of carbonyl (C=O) groups excluding carboxylic acids is 2. The molecule has 0 spiro atoms. The summed E-state index contributed by atoms with van der Waals surface area (Å²) in [5.41, 5.74) is -1.60. The van der Waals surface area contributed by atoms with E-state index in [1.165, 1.54) is 6.07 Å². The predicted molar refractivity (Wildman–Crippen MR) is 117 cm³/mol. The molecule has 1 saturated heterocycles. The Hall–Kier alpha value is -2.98. The number of aliphatic hydroxyl groups is 2. The van der Waals surface area contributed by atoms with Crippen molar-refractivity contribution in [2.24, 2.45) is 0 Å². The molecule has 0 saturated carbocycles. The number of hydrogen-bond donors (Lipinski definition) is 5. The Morgan fingerprint density at radius 1 is 1.03 bits per heavy atom. The van der Waals surface area contributed by atoms with Gasteiger partial charge in [0, 0.05) is 30.4 Å². The largest absolute Gasteiger partial charge is 0.507 e. The van der Waals surface area contributed by atoms with Crippen LogP contribution in [0.3, 0.4) is 0 Å². The van der Waals surface area contributed by atoms with Gasteiger partial charge in [0.05, 0.1) is 40.6 Å². The third kappa shape index (κ3) is 3.47. The van der Waals surface area contributed by atoms with E-state index in [2.05, 4.69) is 0 Å². The maximum Gasteiger partial charge on any atom is 0.202 e. The Bertz CT molecular complexity index is 1220. The van der Waals surface area contributed by atoms with Crippen LogP contribution in [0.2, 0.25) is 0 Å². The summed E-state index contributed by atoms with van der Waals surface area (Å²) in [6.45, 7) is 3.34. The molecule has 5 rings (SSSR count). The average molecular weight is 470 g/mol. The smallest absolute Gasteiger partial charge is 0.202 e. The highest BCUT2D eigenvalue weighted by atomic mass is 16.7. The van der Waals surface area contributed by atoms with E-state index in [4.69, 9.17) is 9.47 Å². The minimum absolute atomic E-state index is 0.101. The molecule has 1 fully saturated rings. The van der Waals surface area contributed by atoms with Gasteiger partial charge in [0.2, 0.25) is 5.78 Å². The van der Waals surface area contributed by atoms with Crippen LogP contribution in [0.15, 0.2) is 18.2 Å². The van der Waals surface area contributed by atoms with E-state index in [0.29, 0.717) is 18.4 Å².